The summed E-state index contributed by atoms with van der Waals surface area (Å²) in [6.45, 7) is 6.01. The Labute approximate surface area is 108 Å². The van der Waals surface area contributed by atoms with Crippen LogP contribution in [0.3, 0.4) is 0 Å². The second-order valence-electron chi connectivity index (χ2n) is 5.58. The van der Waals surface area contributed by atoms with E-state index in [0.29, 0.717) is 6.04 Å². The van der Waals surface area contributed by atoms with Crippen molar-refractivity contribution in [2.75, 3.05) is 19.6 Å². The van der Waals surface area contributed by atoms with E-state index in [-0.39, 0.29) is 0 Å². The van der Waals surface area contributed by atoms with Gasteiger partial charge in [0.25, 0.3) is 0 Å². The lowest BCUT2D eigenvalue weighted by Crippen LogP contribution is -2.56. The first-order chi connectivity index (χ1) is 8.33. The molecule has 1 aliphatic carbocycles. The third kappa shape index (κ3) is 2.90. The van der Waals surface area contributed by atoms with E-state index in [0.717, 1.165) is 12.0 Å². The van der Waals surface area contributed by atoms with Gasteiger partial charge in [0, 0.05) is 31.7 Å². The molecule has 0 aromatic carbocycles. The Balaban J connectivity index is 1.53. The minimum atomic E-state index is 0.698. The van der Waals surface area contributed by atoms with Crippen LogP contribution in [-0.2, 0) is 6.42 Å². The fourth-order valence-corrected chi connectivity index (χ4v) is 3.48. The molecule has 1 aromatic rings. The van der Waals surface area contributed by atoms with Crippen molar-refractivity contribution >= 4 is 11.3 Å². The minimum absolute atomic E-state index is 0.698. The predicted molar refractivity (Wildman–Crippen MR) is 73.6 cm³/mol. The predicted octanol–water partition coefficient (Wildman–Crippen LogP) is 2.36. The summed E-state index contributed by atoms with van der Waals surface area (Å²) in [5.41, 5.74) is 1.50. The van der Waals surface area contributed by atoms with Crippen molar-refractivity contribution in [3.63, 3.8) is 0 Å². The van der Waals surface area contributed by atoms with Gasteiger partial charge < -0.3 is 5.32 Å². The molecule has 1 saturated carbocycles. The molecule has 1 aliphatic heterocycles. The van der Waals surface area contributed by atoms with Crippen molar-refractivity contribution in [2.24, 2.45) is 5.92 Å². The molecule has 3 rings (SSSR count). The van der Waals surface area contributed by atoms with Gasteiger partial charge in [0.15, 0.2) is 0 Å². The van der Waals surface area contributed by atoms with Crippen molar-refractivity contribution in [1.29, 1.82) is 0 Å². The van der Waals surface area contributed by atoms with E-state index in [1.807, 2.05) is 11.3 Å². The molecular formula is C14H22N2S. The van der Waals surface area contributed by atoms with Crippen molar-refractivity contribution in [1.82, 2.24) is 10.2 Å². The Bertz CT molecular complexity index is 345. The molecule has 2 aliphatic rings. The van der Waals surface area contributed by atoms with Crippen molar-refractivity contribution in [3.8, 4) is 0 Å². The highest BCUT2D eigenvalue weighted by Crippen LogP contribution is 2.34. The highest BCUT2D eigenvalue weighted by Gasteiger charge is 2.35. The smallest absolute Gasteiger partial charge is 0.0224 e. The molecule has 1 saturated heterocycles. The van der Waals surface area contributed by atoms with Crippen LogP contribution in [-0.4, -0.2) is 36.6 Å². The van der Waals surface area contributed by atoms with E-state index < -0.39 is 0 Å². The third-order valence-corrected chi connectivity index (χ3v) is 4.92. The van der Waals surface area contributed by atoms with Gasteiger partial charge in [-0.1, -0.05) is 0 Å². The summed E-state index contributed by atoms with van der Waals surface area (Å²) in [5, 5.41) is 8.18. The zero-order valence-corrected chi connectivity index (χ0v) is 11.4. The zero-order valence-electron chi connectivity index (χ0n) is 10.6. The number of nitrogens with one attached hydrogen (secondary N) is 1. The largest absolute Gasteiger partial charge is 0.311 e. The Hall–Kier alpha value is -0.380. The highest BCUT2D eigenvalue weighted by atomic mass is 32.1. The van der Waals surface area contributed by atoms with Gasteiger partial charge in [0.1, 0.15) is 0 Å². The van der Waals surface area contributed by atoms with Gasteiger partial charge in [-0.15, -0.1) is 0 Å². The van der Waals surface area contributed by atoms with Gasteiger partial charge in [-0.2, -0.15) is 11.3 Å². The molecule has 0 amide bonds. The lowest BCUT2D eigenvalue weighted by molar-refractivity contribution is 0.134. The first-order valence-electron chi connectivity index (χ1n) is 6.81. The summed E-state index contributed by atoms with van der Waals surface area (Å²) < 4.78 is 0. The maximum absolute atomic E-state index is 3.71. The summed E-state index contributed by atoms with van der Waals surface area (Å²) in [7, 11) is 0. The molecule has 0 spiro atoms. The van der Waals surface area contributed by atoms with Gasteiger partial charge in [-0.05, 0) is 54.5 Å². The fraction of sp³-hybridized carbons (Fsp3) is 0.714. The number of rotatable bonds is 4. The zero-order chi connectivity index (χ0) is 11.7. The van der Waals surface area contributed by atoms with E-state index in [9.17, 15) is 0 Å². The Kier molecular flexibility index (Phi) is 3.50. The van der Waals surface area contributed by atoms with Crippen LogP contribution in [0.5, 0.6) is 0 Å². The number of hydrogen-bond donors (Lipinski definition) is 1. The SMILES string of the molecule is CC1CNC(C2CC2)CN1CCc1ccsc1. The van der Waals surface area contributed by atoms with E-state index in [1.165, 1.54) is 44.5 Å². The van der Waals surface area contributed by atoms with Crippen molar-refractivity contribution in [2.45, 2.75) is 38.3 Å². The topological polar surface area (TPSA) is 15.3 Å². The molecule has 2 fully saturated rings. The summed E-state index contributed by atoms with van der Waals surface area (Å²) in [6.07, 6.45) is 4.11. The lowest BCUT2D eigenvalue weighted by atomic mass is 10.1. The van der Waals surface area contributed by atoms with Gasteiger partial charge >= 0.3 is 0 Å². The third-order valence-electron chi connectivity index (χ3n) is 4.19. The Morgan fingerprint density at radius 1 is 1.47 bits per heavy atom. The molecule has 1 aromatic heterocycles. The van der Waals surface area contributed by atoms with E-state index in [1.54, 1.807) is 0 Å². The van der Waals surface area contributed by atoms with Crippen LogP contribution in [0.15, 0.2) is 16.8 Å². The van der Waals surface area contributed by atoms with Gasteiger partial charge in [-0.25, -0.2) is 0 Å². The van der Waals surface area contributed by atoms with Gasteiger partial charge in [0.05, 0.1) is 0 Å². The van der Waals surface area contributed by atoms with Crippen LogP contribution in [0.25, 0.3) is 0 Å². The van der Waals surface area contributed by atoms with Crippen LogP contribution in [0.1, 0.15) is 25.3 Å². The first kappa shape index (κ1) is 11.7. The van der Waals surface area contributed by atoms with Crippen LogP contribution >= 0.6 is 11.3 Å². The van der Waals surface area contributed by atoms with E-state index in [4.69, 9.17) is 0 Å². The Morgan fingerprint density at radius 2 is 2.35 bits per heavy atom. The molecule has 1 N–H and O–H groups in total. The van der Waals surface area contributed by atoms with Crippen LogP contribution in [0.2, 0.25) is 0 Å². The molecule has 2 nitrogen and oxygen atoms in total. The average Bonchev–Trinajstić information content (AvgIpc) is 3.05. The van der Waals surface area contributed by atoms with Crippen molar-refractivity contribution < 1.29 is 0 Å². The summed E-state index contributed by atoms with van der Waals surface area (Å²) in [6, 6.07) is 3.73. The standard InChI is InChI=1S/C14H22N2S/c1-11-8-15-14(13-2-3-13)9-16(11)6-4-12-5-7-17-10-12/h5,7,10-11,13-15H,2-4,6,8-9H2,1H3. The fourth-order valence-electron chi connectivity index (χ4n) is 2.78. The van der Waals surface area contributed by atoms with Crippen LogP contribution < -0.4 is 5.32 Å². The van der Waals surface area contributed by atoms with Gasteiger partial charge in [-0.3, -0.25) is 4.90 Å². The van der Waals surface area contributed by atoms with E-state index >= 15 is 0 Å². The van der Waals surface area contributed by atoms with Crippen LogP contribution in [0, 0.1) is 5.92 Å². The monoisotopic (exact) mass is 250 g/mol. The molecule has 2 unspecified atom stereocenters. The number of hydrogen-bond acceptors (Lipinski definition) is 3. The number of nitrogens with zero attached hydrogens (tertiary/aromatic N) is 1. The maximum Gasteiger partial charge on any atom is 0.0224 e. The van der Waals surface area contributed by atoms with E-state index in [2.05, 4.69) is 34.0 Å². The number of piperazine rings is 1. The molecule has 2 heterocycles. The molecule has 0 bridgehead atoms. The molecule has 17 heavy (non-hydrogen) atoms. The highest BCUT2D eigenvalue weighted by molar-refractivity contribution is 7.07. The second-order valence-corrected chi connectivity index (χ2v) is 6.36. The van der Waals surface area contributed by atoms with Gasteiger partial charge in [0.2, 0.25) is 0 Å². The van der Waals surface area contributed by atoms with Crippen LogP contribution in [0.4, 0.5) is 0 Å². The summed E-state index contributed by atoms with van der Waals surface area (Å²) in [4.78, 5) is 2.68. The average molecular weight is 250 g/mol. The maximum atomic E-state index is 3.71. The molecule has 94 valence electrons. The lowest BCUT2D eigenvalue weighted by Gasteiger charge is -2.39. The quantitative estimate of drug-likeness (QED) is 0.882. The minimum Gasteiger partial charge on any atom is -0.311 e. The molecular weight excluding hydrogens is 228 g/mol. The van der Waals surface area contributed by atoms with Crippen molar-refractivity contribution in [3.05, 3.63) is 22.4 Å². The first-order valence-corrected chi connectivity index (χ1v) is 7.76. The summed E-state index contributed by atoms with van der Waals surface area (Å²) in [5.74, 6) is 0.978. The number of thiophene rings is 1. The summed E-state index contributed by atoms with van der Waals surface area (Å²) >= 11 is 1.81. The molecule has 0 radical (unpaired) electrons. The molecule has 3 heteroatoms. The Morgan fingerprint density at radius 3 is 3.06 bits per heavy atom. The molecule has 2 atom stereocenters. The second kappa shape index (κ2) is 5.09. The normalized spacial score (nSPS) is 30.6.